The number of nitrogens with zero attached hydrogens (tertiary/aromatic N) is 3. The van der Waals surface area contributed by atoms with Crippen LogP contribution in [-0.2, 0) is 11.3 Å². The van der Waals surface area contributed by atoms with Crippen molar-refractivity contribution < 1.29 is 4.74 Å². The summed E-state index contributed by atoms with van der Waals surface area (Å²) < 4.78 is 7.11. The van der Waals surface area contributed by atoms with E-state index in [-0.39, 0.29) is 0 Å². The molecule has 0 saturated carbocycles. The molecule has 1 N–H and O–H groups in total. The van der Waals surface area contributed by atoms with E-state index in [9.17, 15) is 0 Å². The minimum Gasteiger partial charge on any atom is -0.383 e. The summed E-state index contributed by atoms with van der Waals surface area (Å²) in [4.78, 5) is 2.62. The molecule has 2 aliphatic rings. The maximum atomic E-state index is 5.11. The summed E-state index contributed by atoms with van der Waals surface area (Å²) in [6.07, 6.45) is 9.40. The fourth-order valence-corrected chi connectivity index (χ4v) is 3.85. The highest BCUT2D eigenvalue weighted by Gasteiger charge is 2.40. The van der Waals surface area contributed by atoms with Crippen LogP contribution in [0.1, 0.15) is 32.6 Å². The molecule has 1 aromatic rings. The van der Waals surface area contributed by atoms with Crippen LogP contribution in [0, 0.1) is 0 Å². The summed E-state index contributed by atoms with van der Waals surface area (Å²) in [6.45, 7) is 4.84. The first kappa shape index (κ1) is 13.9. The second kappa shape index (κ2) is 6.14. The Morgan fingerprint density at radius 2 is 2.10 bits per heavy atom. The average molecular weight is 278 g/mol. The fourth-order valence-electron chi connectivity index (χ4n) is 3.85. The Kier molecular flexibility index (Phi) is 4.27. The van der Waals surface area contributed by atoms with Crippen molar-refractivity contribution in [3.8, 4) is 0 Å². The SMILES string of the molecule is CCNC1CC2CCC(C1)N2c1cnn(CCOC)c1. The molecule has 3 rings (SSSR count). The summed E-state index contributed by atoms with van der Waals surface area (Å²) in [5.74, 6) is 0. The third-order valence-corrected chi connectivity index (χ3v) is 4.67. The summed E-state index contributed by atoms with van der Waals surface area (Å²) in [5.41, 5.74) is 1.29. The Balaban J connectivity index is 1.67. The zero-order valence-electron chi connectivity index (χ0n) is 12.6. The van der Waals surface area contributed by atoms with Crippen molar-refractivity contribution in [3.63, 3.8) is 0 Å². The van der Waals surface area contributed by atoms with Gasteiger partial charge in [-0.25, -0.2) is 0 Å². The highest BCUT2D eigenvalue weighted by atomic mass is 16.5. The molecule has 2 atom stereocenters. The van der Waals surface area contributed by atoms with Gasteiger partial charge in [-0.15, -0.1) is 0 Å². The maximum absolute atomic E-state index is 5.11. The lowest BCUT2D eigenvalue weighted by Gasteiger charge is -2.40. The van der Waals surface area contributed by atoms with Crippen molar-refractivity contribution in [1.29, 1.82) is 0 Å². The molecule has 2 unspecified atom stereocenters. The lowest BCUT2D eigenvalue weighted by molar-refractivity contribution is 0.183. The summed E-state index contributed by atoms with van der Waals surface area (Å²) in [5, 5.41) is 8.09. The molecule has 0 aliphatic carbocycles. The van der Waals surface area contributed by atoms with Crippen molar-refractivity contribution in [3.05, 3.63) is 12.4 Å². The predicted molar refractivity (Wildman–Crippen MR) is 80.1 cm³/mol. The lowest BCUT2D eigenvalue weighted by atomic mass is 9.97. The minimum atomic E-state index is 0.692. The van der Waals surface area contributed by atoms with Gasteiger partial charge in [-0.3, -0.25) is 4.68 Å². The van der Waals surface area contributed by atoms with Gasteiger partial charge in [-0.2, -0.15) is 5.10 Å². The third kappa shape index (κ3) is 2.69. The first-order valence-corrected chi connectivity index (χ1v) is 7.85. The van der Waals surface area contributed by atoms with E-state index in [0.717, 1.165) is 19.7 Å². The molecule has 2 bridgehead atoms. The molecular formula is C15H26N4O. The second-order valence-corrected chi connectivity index (χ2v) is 5.97. The van der Waals surface area contributed by atoms with E-state index in [0.29, 0.717) is 18.1 Å². The highest BCUT2D eigenvalue weighted by molar-refractivity contribution is 5.47. The number of piperidine rings is 1. The van der Waals surface area contributed by atoms with E-state index < -0.39 is 0 Å². The van der Waals surface area contributed by atoms with Crippen LogP contribution in [0.2, 0.25) is 0 Å². The quantitative estimate of drug-likeness (QED) is 0.859. The third-order valence-electron chi connectivity index (χ3n) is 4.67. The summed E-state index contributed by atoms with van der Waals surface area (Å²) >= 11 is 0. The molecular weight excluding hydrogens is 252 g/mol. The number of fused-ring (bicyclic) bond motifs is 2. The van der Waals surface area contributed by atoms with Gasteiger partial charge in [0.05, 0.1) is 25.0 Å². The molecule has 20 heavy (non-hydrogen) atoms. The first-order chi connectivity index (χ1) is 9.81. The van der Waals surface area contributed by atoms with Crippen LogP contribution in [0.25, 0.3) is 0 Å². The second-order valence-electron chi connectivity index (χ2n) is 5.97. The molecule has 0 radical (unpaired) electrons. The molecule has 1 aromatic heterocycles. The van der Waals surface area contributed by atoms with Crippen molar-refractivity contribution >= 4 is 5.69 Å². The smallest absolute Gasteiger partial charge is 0.0757 e. The van der Waals surface area contributed by atoms with Crippen molar-refractivity contribution in [2.24, 2.45) is 0 Å². The standard InChI is InChI=1S/C15H26N4O/c1-3-16-12-8-13-4-5-14(9-12)19(13)15-10-17-18(11-15)6-7-20-2/h10-14,16H,3-9H2,1-2H3. The van der Waals surface area contributed by atoms with E-state index in [4.69, 9.17) is 4.74 Å². The Morgan fingerprint density at radius 1 is 1.35 bits per heavy atom. The molecule has 0 amide bonds. The molecule has 5 heteroatoms. The molecule has 3 heterocycles. The van der Waals surface area contributed by atoms with E-state index in [2.05, 4.69) is 28.4 Å². The van der Waals surface area contributed by atoms with Crippen LogP contribution in [0.15, 0.2) is 12.4 Å². The van der Waals surface area contributed by atoms with Gasteiger partial charge in [0.25, 0.3) is 0 Å². The number of hydrogen-bond acceptors (Lipinski definition) is 4. The molecule has 2 fully saturated rings. The minimum absolute atomic E-state index is 0.692. The van der Waals surface area contributed by atoms with Crippen LogP contribution in [0.3, 0.4) is 0 Å². The maximum Gasteiger partial charge on any atom is 0.0757 e. The molecule has 0 spiro atoms. The number of anilines is 1. The van der Waals surface area contributed by atoms with Gasteiger partial charge in [0.2, 0.25) is 0 Å². The molecule has 2 aliphatic heterocycles. The van der Waals surface area contributed by atoms with Gasteiger partial charge in [-0.1, -0.05) is 6.92 Å². The Bertz CT molecular complexity index is 419. The molecule has 5 nitrogen and oxygen atoms in total. The Morgan fingerprint density at radius 3 is 2.75 bits per heavy atom. The van der Waals surface area contributed by atoms with Gasteiger partial charge in [-0.05, 0) is 32.2 Å². The van der Waals surface area contributed by atoms with Gasteiger partial charge in [0, 0.05) is 31.4 Å². The first-order valence-electron chi connectivity index (χ1n) is 7.85. The highest BCUT2D eigenvalue weighted by Crippen LogP contribution is 2.39. The average Bonchev–Trinajstić information content (AvgIpc) is 2.99. The number of ether oxygens (including phenoxy) is 1. The number of hydrogen-bond donors (Lipinski definition) is 1. The fraction of sp³-hybridized carbons (Fsp3) is 0.800. The van der Waals surface area contributed by atoms with Crippen molar-refractivity contribution in [1.82, 2.24) is 15.1 Å². The molecule has 0 aromatic carbocycles. The van der Waals surface area contributed by atoms with Gasteiger partial charge < -0.3 is 15.0 Å². The van der Waals surface area contributed by atoms with E-state index in [1.807, 2.05) is 10.9 Å². The zero-order chi connectivity index (χ0) is 13.9. The number of methoxy groups -OCH3 is 1. The number of nitrogens with one attached hydrogen (secondary N) is 1. The number of rotatable bonds is 6. The van der Waals surface area contributed by atoms with Crippen LogP contribution in [0.4, 0.5) is 5.69 Å². The van der Waals surface area contributed by atoms with E-state index in [1.165, 1.54) is 31.4 Å². The summed E-state index contributed by atoms with van der Waals surface area (Å²) in [6, 6.07) is 2.09. The Hall–Kier alpha value is -1.07. The topological polar surface area (TPSA) is 42.3 Å². The zero-order valence-corrected chi connectivity index (χ0v) is 12.6. The molecule has 2 saturated heterocycles. The Labute approximate surface area is 121 Å². The predicted octanol–water partition coefficient (Wildman–Crippen LogP) is 1.64. The van der Waals surface area contributed by atoms with Crippen molar-refractivity contribution in [2.45, 2.75) is 57.3 Å². The van der Waals surface area contributed by atoms with E-state index in [1.54, 1.807) is 7.11 Å². The number of aromatic nitrogens is 2. The lowest BCUT2D eigenvalue weighted by Crippen LogP contribution is -2.49. The van der Waals surface area contributed by atoms with Crippen LogP contribution in [0.5, 0.6) is 0 Å². The van der Waals surface area contributed by atoms with Gasteiger partial charge in [0.1, 0.15) is 0 Å². The van der Waals surface area contributed by atoms with Crippen LogP contribution < -0.4 is 10.2 Å². The largest absolute Gasteiger partial charge is 0.383 e. The van der Waals surface area contributed by atoms with Gasteiger partial charge >= 0.3 is 0 Å². The molecule has 112 valence electrons. The summed E-state index contributed by atoms with van der Waals surface area (Å²) in [7, 11) is 1.73. The van der Waals surface area contributed by atoms with Gasteiger partial charge in [0.15, 0.2) is 0 Å². The monoisotopic (exact) mass is 278 g/mol. The normalized spacial score (nSPS) is 29.1. The van der Waals surface area contributed by atoms with Crippen molar-refractivity contribution in [2.75, 3.05) is 25.2 Å². The van der Waals surface area contributed by atoms with E-state index >= 15 is 0 Å². The van der Waals surface area contributed by atoms with Crippen LogP contribution in [-0.4, -0.2) is 48.2 Å². The van der Waals surface area contributed by atoms with Crippen LogP contribution >= 0.6 is 0 Å².